The van der Waals surface area contributed by atoms with Crippen LogP contribution < -0.4 is 9.80 Å². The SMILES string of the molecule is CCN(CC)c1ccc(C(CC)(OC(CC)(C(=O)c2ccccc2)c2ccc(N(CC)CC)cc2)C(=O)c2ccccc2)cc1. The minimum Gasteiger partial charge on any atom is -0.372 e. The zero-order chi connectivity index (χ0) is 32.5. The average molecular weight is 605 g/mol. The Morgan fingerprint density at radius 2 is 0.800 bits per heavy atom. The molecular weight excluding hydrogens is 556 g/mol. The minimum atomic E-state index is -1.43. The lowest BCUT2D eigenvalue weighted by atomic mass is 9.78. The first-order valence-corrected chi connectivity index (χ1v) is 16.4. The molecule has 0 bridgehead atoms. The van der Waals surface area contributed by atoms with E-state index >= 15 is 0 Å². The molecular formula is C40H48N2O3. The van der Waals surface area contributed by atoms with Crippen LogP contribution in [0.1, 0.15) is 86.2 Å². The highest BCUT2D eigenvalue weighted by molar-refractivity contribution is 6.05. The number of benzene rings is 4. The molecule has 0 aliphatic carbocycles. The molecule has 0 saturated heterocycles. The second-order valence-corrected chi connectivity index (χ2v) is 11.3. The first-order valence-electron chi connectivity index (χ1n) is 16.4. The molecule has 0 fully saturated rings. The van der Waals surface area contributed by atoms with E-state index < -0.39 is 11.2 Å². The first-order chi connectivity index (χ1) is 21.8. The highest BCUT2D eigenvalue weighted by Crippen LogP contribution is 2.45. The number of ketones is 2. The smallest absolute Gasteiger partial charge is 0.199 e. The first kappa shape index (κ1) is 33.7. The van der Waals surface area contributed by atoms with Crippen molar-refractivity contribution in [1.82, 2.24) is 0 Å². The Labute approximate surface area is 269 Å². The molecule has 45 heavy (non-hydrogen) atoms. The molecule has 5 heteroatoms. The van der Waals surface area contributed by atoms with E-state index in [0.717, 1.165) is 48.7 Å². The van der Waals surface area contributed by atoms with Crippen LogP contribution in [0.3, 0.4) is 0 Å². The standard InChI is InChI=1S/C40H48N2O3/c1-7-39(37(43)31-19-15-13-16-20-31,33-23-27-35(28-24-33)41(9-3)10-4)45-40(8-2,38(44)32-21-17-14-18-22-32)34-25-29-36(30-26-34)42(11-5)12-6/h13-30H,7-12H2,1-6H3. The number of rotatable bonds is 16. The molecule has 0 spiro atoms. The van der Waals surface area contributed by atoms with Crippen LogP contribution in [0.25, 0.3) is 0 Å². The van der Waals surface area contributed by atoms with E-state index in [1.165, 1.54) is 0 Å². The number of carbonyl (C=O) groups excluding carboxylic acids is 2. The molecule has 5 nitrogen and oxygen atoms in total. The van der Waals surface area contributed by atoms with Crippen LogP contribution in [0, 0.1) is 0 Å². The summed E-state index contributed by atoms with van der Waals surface area (Å²) in [7, 11) is 0. The molecule has 4 rings (SSSR count). The fourth-order valence-corrected chi connectivity index (χ4v) is 6.35. The van der Waals surface area contributed by atoms with Crippen molar-refractivity contribution >= 4 is 22.9 Å². The fraction of sp³-hybridized carbons (Fsp3) is 0.350. The van der Waals surface area contributed by atoms with Gasteiger partial charge in [0, 0.05) is 48.7 Å². The summed E-state index contributed by atoms with van der Waals surface area (Å²) >= 11 is 0. The Morgan fingerprint density at radius 3 is 1.07 bits per heavy atom. The van der Waals surface area contributed by atoms with E-state index in [1.807, 2.05) is 98.8 Å². The van der Waals surface area contributed by atoms with Crippen molar-refractivity contribution in [1.29, 1.82) is 0 Å². The van der Waals surface area contributed by atoms with E-state index in [1.54, 1.807) is 0 Å². The van der Waals surface area contributed by atoms with E-state index in [4.69, 9.17) is 4.74 Å². The van der Waals surface area contributed by atoms with Crippen molar-refractivity contribution in [2.45, 2.75) is 65.6 Å². The quantitative estimate of drug-likeness (QED) is 0.119. The third kappa shape index (κ3) is 6.74. The average Bonchev–Trinajstić information content (AvgIpc) is 3.11. The van der Waals surface area contributed by atoms with Crippen LogP contribution in [-0.4, -0.2) is 37.7 Å². The Balaban J connectivity index is 1.96. The second-order valence-electron chi connectivity index (χ2n) is 11.3. The number of nitrogens with zero attached hydrogens (tertiary/aromatic N) is 2. The number of carbonyl (C=O) groups is 2. The molecule has 0 aromatic heterocycles. The topological polar surface area (TPSA) is 49.9 Å². The van der Waals surface area contributed by atoms with Gasteiger partial charge in [-0.15, -0.1) is 0 Å². The number of ether oxygens (including phenoxy) is 1. The Kier molecular flexibility index (Phi) is 11.4. The van der Waals surface area contributed by atoms with Crippen molar-refractivity contribution in [2.24, 2.45) is 0 Å². The summed E-state index contributed by atoms with van der Waals surface area (Å²) in [6.07, 6.45) is 0.680. The van der Waals surface area contributed by atoms with Gasteiger partial charge in [0.15, 0.2) is 22.8 Å². The van der Waals surface area contributed by atoms with Crippen LogP contribution in [0.2, 0.25) is 0 Å². The third-order valence-electron chi connectivity index (χ3n) is 9.07. The molecule has 236 valence electrons. The zero-order valence-corrected chi connectivity index (χ0v) is 27.8. The van der Waals surface area contributed by atoms with E-state index in [9.17, 15) is 9.59 Å². The van der Waals surface area contributed by atoms with Crippen LogP contribution in [0.5, 0.6) is 0 Å². The van der Waals surface area contributed by atoms with Gasteiger partial charge in [0.05, 0.1) is 0 Å². The molecule has 2 atom stereocenters. The summed E-state index contributed by atoms with van der Waals surface area (Å²) < 4.78 is 7.31. The van der Waals surface area contributed by atoms with Gasteiger partial charge in [0.2, 0.25) is 0 Å². The summed E-state index contributed by atoms with van der Waals surface area (Å²) in [6, 6.07) is 34.8. The predicted octanol–water partition coefficient (Wildman–Crippen LogP) is 9.07. The van der Waals surface area contributed by atoms with Crippen molar-refractivity contribution in [3.8, 4) is 0 Å². The molecule has 0 radical (unpaired) electrons. The van der Waals surface area contributed by atoms with Crippen molar-refractivity contribution in [2.75, 3.05) is 36.0 Å². The van der Waals surface area contributed by atoms with Gasteiger partial charge in [-0.1, -0.05) is 98.8 Å². The lowest BCUT2D eigenvalue weighted by molar-refractivity contribution is -0.125. The van der Waals surface area contributed by atoms with Gasteiger partial charge < -0.3 is 14.5 Å². The van der Waals surface area contributed by atoms with Crippen molar-refractivity contribution < 1.29 is 14.3 Å². The van der Waals surface area contributed by atoms with Crippen molar-refractivity contribution in [3.05, 3.63) is 131 Å². The highest BCUT2D eigenvalue weighted by Gasteiger charge is 2.51. The maximum atomic E-state index is 14.8. The maximum absolute atomic E-state index is 14.8. The van der Waals surface area contributed by atoms with Gasteiger partial charge in [-0.05, 0) is 75.9 Å². The normalized spacial score (nSPS) is 13.8. The van der Waals surface area contributed by atoms with Gasteiger partial charge in [-0.25, -0.2) is 0 Å². The van der Waals surface area contributed by atoms with Crippen LogP contribution in [-0.2, 0) is 15.9 Å². The highest BCUT2D eigenvalue weighted by atomic mass is 16.5. The third-order valence-corrected chi connectivity index (χ3v) is 9.07. The summed E-state index contributed by atoms with van der Waals surface area (Å²) in [6.45, 7) is 16.0. The van der Waals surface area contributed by atoms with Crippen LogP contribution >= 0.6 is 0 Å². The largest absolute Gasteiger partial charge is 0.372 e. The number of anilines is 2. The van der Waals surface area contributed by atoms with E-state index in [0.29, 0.717) is 24.0 Å². The molecule has 2 unspecified atom stereocenters. The predicted molar refractivity (Wildman–Crippen MR) is 187 cm³/mol. The molecule has 0 aliphatic heterocycles. The Bertz CT molecular complexity index is 1390. The lowest BCUT2D eigenvalue weighted by Crippen LogP contribution is -2.50. The molecule has 0 amide bonds. The Hall–Kier alpha value is -4.22. The Morgan fingerprint density at radius 1 is 0.489 bits per heavy atom. The second kappa shape index (κ2) is 15.2. The van der Waals surface area contributed by atoms with Gasteiger partial charge in [-0.3, -0.25) is 9.59 Å². The van der Waals surface area contributed by atoms with Crippen molar-refractivity contribution in [3.63, 3.8) is 0 Å². The summed E-state index contributed by atoms with van der Waals surface area (Å²) in [5.41, 5.74) is 1.84. The summed E-state index contributed by atoms with van der Waals surface area (Å²) in [4.78, 5) is 34.1. The molecule has 4 aromatic carbocycles. The lowest BCUT2D eigenvalue weighted by Gasteiger charge is -2.43. The van der Waals surface area contributed by atoms with E-state index in [-0.39, 0.29) is 11.6 Å². The minimum absolute atomic E-state index is 0.167. The molecule has 0 N–H and O–H groups in total. The molecule has 4 aromatic rings. The van der Waals surface area contributed by atoms with Crippen LogP contribution in [0.4, 0.5) is 11.4 Å². The summed E-state index contributed by atoms with van der Waals surface area (Å²) in [5, 5.41) is 0. The van der Waals surface area contributed by atoms with Gasteiger partial charge >= 0.3 is 0 Å². The molecule has 0 saturated carbocycles. The summed E-state index contributed by atoms with van der Waals surface area (Å²) in [5.74, 6) is -0.334. The molecule has 0 aliphatic rings. The number of hydrogen-bond acceptors (Lipinski definition) is 5. The van der Waals surface area contributed by atoms with Gasteiger partial charge in [-0.2, -0.15) is 0 Å². The van der Waals surface area contributed by atoms with Gasteiger partial charge in [0.1, 0.15) is 0 Å². The van der Waals surface area contributed by atoms with E-state index in [2.05, 4.69) is 61.8 Å². The number of Topliss-reactive ketones (excluding diaryl/α,β-unsaturated/α-hetero) is 2. The number of hydrogen-bond donors (Lipinski definition) is 0. The monoisotopic (exact) mass is 604 g/mol. The fourth-order valence-electron chi connectivity index (χ4n) is 6.35. The maximum Gasteiger partial charge on any atom is 0.199 e. The van der Waals surface area contributed by atoms with Gasteiger partial charge in [0.25, 0.3) is 0 Å². The van der Waals surface area contributed by atoms with Crippen LogP contribution in [0.15, 0.2) is 109 Å². The zero-order valence-electron chi connectivity index (χ0n) is 27.8. The molecule has 0 heterocycles.